The second-order valence-corrected chi connectivity index (χ2v) is 15.9. The van der Waals surface area contributed by atoms with E-state index in [0.29, 0.717) is 25.8 Å². The van der Waals surface area contributed by atoms with E-state index in [1.54, 1.807) is 27.9 Å². The van der Waals surface area contributed by atoms with Gasteiger partial charge in [-0.25, -0.2) is 4.79 Å². The fourth-order valence-electron chi connectivity index (χ4n) is 8.77. The van der Waals surface area contributed by atoms with E-state index in [4.69, 9.17) is 23.7 Å². The van der Waals surface area contributed by atoms with Crippen LogP contribution in [0.25, 0.3) is 0 Å². The molecule has 4 fully saturated rings. The standard InChI is InChI=1S/C36H64N4O9/c1-12-27-36(7)30(37-34(44)49-36)24(5)39(10)19-21(2)18-35(6,45-11)31(22(3)28(41)23(4)32(43)47-27)48-33-29(42)26(38(8)9)17-25(46-33)20-40-15-13-14-16-40/h21-27,29-31,33,42H,12-20H2,1-11H3,(H,37,44)/t21-,22+,23?,24-,25+,26?,27-,29?,30-,31-,33+,35-,36-/m1/s1. The van der Waals surface area contributed by atoms with E-state index in [1.807, 2.05) is 46.8 Å². The number of fused-ring (bicyclic) bond motifs is 1. The number of esters is 1. The van der Waals surface area contributed by atoms with Crippen LogP contribution in [-0.2, 0) is 33.3 Å². The van der Waals surface area contributed by atoms with E-state index in [-0.39, 0.29) is 29.9 Å². The molecule has 13 heteroatoms. The first kappa shape index (κ1) is 39.9. The molecule has 4 rings (SSSR count). The zero-order valence-electron chi connectivity index (χ0n) is 31.8. The molecule has 0 bridgehead atoms. The van der Waals surface area contributed by atoms with Crippen LogP contribution in [0, 0.1) is 17.8 Å². The molecule has 0 aromatic rings. The average molecular weight is 697 g/mol. The quantitative estimate of drug-likeness (QED) is 0.299. The third-order valence-corrected chi connectivity index (χ3v) is 11.9. The number of amides is 1. The molecule has 49 heavy (non-hydrogen) atoms. The Morgan fingerprint density at radius 1 is 1.08 bits per heavy atom. The van der Waals surface area contributed by atoms with Gasteiger partial charge < -0.3 is 48.8 Å². The lowest BCUT2D eigenvalue weighted by Crippen LogP contribution is -2.60. The Morgan fingerprint density at radius 3 is 2.33 bits per heavy atom. The van der Waals surface area contributed by atoms with E-state index >= 15 is 0 Å². The summed E-state index contributed by atoms with van der Waals surface area (Å²) in [7, 11) is 7.50. The van der Waals surface area contributed by atoms with Crippen LogP contribution in [0.1, 0.15) is 80.6 Å². The van der Waals surface area contributed by atoms with Gasteiger partial charge in [-0.1, -0.05) is 20.8 Å². The van der Waals surface area contributed by atoms with Crippen molar-refractivity contribution in [3.05, 3.63) is 0 Å². The summed E-state index contributed by atoms with van der Waals surface area (Å²) in [6, 6.07) is -0.874. The third-order valence-electron chi connectivity index (χ3n) is 11.9. The highest BCUT2D eigenvalue weighted by Gasteiger charge is 2.56. The first-order valence-electron chi connectivity index (χ1n) is 18.3. The number of cyclic esters (lactones) is 1. The molecule has 4 heterocycles. The SMILES string of the molecule is CC[C@H]1OC(=O)C(C)C(=O)[C@H](C)[C@@H](O[C@@H]2O[C@H](CN3CCCC3)CC(N(C)C)C2O)[C@](C)(OC)C[C@@H](C)CN(C)[C@H](C)[C@H]2NC(=O)O[C@@]21C. The minimum Gasteiger partial charge on any atom is -0.458 e. The van der Waals surface area contributed by atoms with Crippen LogP contribution < -0.4 is 5.32 Å². The first-order chi connectivity index (χ1) is 22.9. The Balaban J connectivity index is 1.70. The fraction of sp³-hybridized carbons (Fsp3) is 0.917. The lowest BCUT2D eigenvalue weighted by atomic mass is 9.78. The van der Waals surface area contributed by atoms with Crippen molar-refractivity contribution in [3.63, 3.8) is 0 Å². The number of aliphatic hydroxyl groups excluding tert-OH is 1. The first-order valence-corrected chi connectivity index (χ1v) is 18.3. The lowest BCUT2D eigenvalue weighted by Gasteiger charge is -2.47. The van der Waals surface area contributed by atoms with Crippen LogP contribution in [0.2, 0.25) is 0 Å². The lowest BCUT2D eigenvalue weighted by molar-refractivity contribution is -0.298. The second kappa shape index (κ2) is 16.2. The fourth-order valence-corrected chi connectivity index (χ4v) is 8.77. The molecule has 0 radical (unpaired) electrons. The van der Waals surface area contributed by atoms with Crippen molar-refractivity contribution in [1.29, 1.82) is 0 Å². The molecule has 13 nitrogen and oxygen atoms in total. The summed E-state index contributed by atoms with van der Waals surface area (Å²) in [4.78, 5) is 47.2. The topological polar surface area (TPSA) is 139 Å². The summed E-state index contributed by atoms with van der Waals surface area (Å²) in [5.41, 5.74) is -2.16. The van der Waals surface area contributed by atoms with Crippen LogP contribution in [0.4, 0.5) is 4.79 Å². The number of likely N-dealkylation sites (N-methyl/N-ethyl adjacent to an activating group) is 2. The maximum Gasteiger partial charge on any atom is 0.408 e. The van der Waals surface area contributed by atoms with Gasteiger partial charge in [0, 0.05) is 38.2 Å². The molecule has 0 aromatic carbocycles. The highest BCUT2D eigenvalue weighted by molar-refractivity contribution is 6.00. The van der Waals surface area contributed by atoms with Crippen molar-refractivity contribution in [1.82, 2.24) is 20.0 Å². The number of ketones is 1. The number of nitrogens with zero attached hydrogens (tertiary/aromatic N) is 3. The summed E-state index contributed by atoms with van der Waals surface area (Å²) in [5.74, 6) is -2.98. The van der Waals surface area contributed by atoms with E-state index < -0.39 is 65.7 Å². The Morgan fingerprint density at radius 2 is 1.73 bits per heavy atom. The average Bonchev–Trinajstić information content (AvgIpc) is 3.67. The minimum atomic E-state index is -1.15. The van der Waals surface area contributed by atoms with Crippen molar-refractivity contribution < 1.29 is 43.2 Å². The number of nitrogens with one attached hydrogen (secondary N) is 1. The molecular formula is C36H64N4O9. The molecule has 282 valence electrons. The number of aliphatic hydroxyl groups is 1. The minimum absolute atomic E-state index is 0.0483. The van der Waals surface area contributed by atoms with E-state index in [0.717, 1.165) is 32.5 Å². The summed E-state index contributed by atoms with van der Waals surface area (Å²) in [5, 5.41) is 14.6. The van der Waals surface area contributed by atoms with Gasteiger partial charge in [-0.15, -0.1) is 0 Å². The molecule has 0 saturated carbocycles. The molecule has 0 aromatic heterocycles. The van der Waals surface area contributed by atoms with Crippen LogP contribution in [0.15, 0.2) is 0 Å². The molecule has 1 amide bonds. The number of rotatable bonds is 7. The normalized spacial score (nSPS) is 43.8. The Labute approximate surface area is 293 Å². The smallest absolute Gasteiger partial charge is 0.408 e. The van der Waals surface area contributed by atoms with Crippen molar-refractivity contribution >= 4 is 17.8 Å². The predicted octanol–water partition coefficient (Wildman–Crippen LogP) is 2.67. The van der Waals surface area contributed by atoms with Crippen LogP contribution in [0.3, 0.4) is 0 Å². The molecule has 4 aliphatic rings. The van der Waals surface area contributed by atoms with Gasteiger partial charge in [0.05, 0.1) is 23.9 Å². The van der Waals surface area contributed by atoms with Crippen LogP contribution >= 0.6 is 0 Å². The molecule has 0 aliphatic carbocycles. The highest BCUT2D eigenvalue weighted by Crippen LogP contribution is 2.38. The van der Waals surface area contributed by atoms with Gasteiger partial charge in [-0.05, 0) is 99.9 Å². The summed E-state index contributed by atoms with van der Waals surface area (Å²) >= 11 is 0. The molecule has 0 spiro atoms. The maximum atomic E-state index is 14.3. The number of carbonyl (C=O) groups excluding carboxylic acids is 3. The van der Waals surface area contributed by atoms with Gasteiger partial charge in [0.15, 0.2) is 17.7 Å². The highest BCUT2D eigenvalue weighted by atomic mass is 16.7. The van der Waals surface area contributed by atoms with Gasteiger partial charge in [-0.2, -0.15) is 0 Å². The van der Waals surface area contributed by atoms with E-state index in [1.165, 1.54) is 0 Å². The van der Waals surface area contributed by atoms with Gasteiger partial charge in [0.1, 0.15) is 18.1 Å². The van der Waals surface area contributed by atoms with Crippen LogP contribution in [0.5, 0.6) is 0 Å². The zero-order valence-corrected chi connectivity index (χ0v) is 31.8. The van der Waals surface area contributed by atoms with Crippen LogP contribution in [-0.4, -0.2) is 152 Å². The van der Waals surface area contributed by atoms with E-state index in [9.17, 15) is 19.5 Å². The zero-order chi connectivity index (χ0) is 36.4. The third kappa shape index (κ3) is 8.61. The van der Waals surface area contributed by atoms with Gasteiger partial charge >= 0.3 is 12.1 Å². The van der Waals surface area contributed by atoms with Gasteiger partial charge in [0.2, 0.25) is 0 Å². The molecular weight excluding hydrogens is 632 g/mol. The maximum absolute atomic E-state index is 14.3. The monoisotopic (exact) mass is 696 g/mol. The van der Waals surface area contributed by atoms with Crippen molar-refractivity contribution in [2.24, 2.45) is 17.8 Å². The molecule has 2 N–H and O–H groups in total. The predicted molar refractivity (Wildman–Crippen MR) is 184 cm³/mol. The van der Waals surface area contributed by atoms with Crippen molar-refractivity contribution in [3.8, 4) is 0 Å². The van der Waals surface area contributed by atoms with Crippen molar-refractivity contribution in [2.45, 2.75) is 141 Å². The number of methoxy groups -OCH3 is 1. The number of alkyl carbamates (subject to hydrolysis) is 1. The largest absolute Gasteiger partial charge is 0.458 e. The summed E-state index contributed by atoms with van der Waals surface area (Å²) in [6.07, 6.45) is -0.526. The number of carbonyl (C=O) groups is 3. The Kier molecular flexibility index (Phi) is 13.2. The number of hydrogen-bond acceptors (Lipinski definition) is 12. The van der Waals surface area contributed by atoms with Crippen molar-refractivity contribution in [2.75, 3.05) is 54.4 Å². The molecule has 4 saturated heterocycles. The summed E-state index contributed by atoms with van der Waals surface area (Å²) < 4.78 is 31.5. The van der Waals surface area contributed by atoms with Gasteiger partial charge in [-0.3, -0.25) is 9.59 Å². The van der Waals surface area contributed by atoms with Gasteiger partial charge in [0.25, 0.3) is 0 Å². The number of hydrogen-bond donors (Lipinski definition) is 2. The number of ether oxygens (including phenoxy) is 5. The Hall–Kier alpha value is -1.87. The molecule has 4 aliphatic heterocycles. The number of likely N-dealkylation sites (tertiary alicyclic amines) is 1. The second-order valence-electron chi connectivity index (χ2n) is 15.9. The summed E-state index contributed by atoms with van der Waals surface area (Å²) in [6.45, 7) is 16.4. The number of Topliss-reactive ketones (excluding diaryl/α,β-unsaturated/α-hetero) is 1. The molecule has 3 unspecified atom stereocenters. The van der Waals surface area contributed by atoms with E-state index in [2.05, 4.69) is 22.0 Å². The Bertz CT molecular complexity index is 1150. The molecule has 13 atom stereocenters.